The molecule has 1 unspecified atom stereocenters. The van der Waals surface area contributed by atoms with Gasteiger partial charge >= 0.3 is 0 Å². The minimum atomic E-state index is -3.72. The van der Waals surface area contributed by atoms with Gasteiger partial charge in [0.1, 0.15) is 5.82 Å². The van der Waals surface area contributed by atoms with Crippen molar-refractivity contribution in [3.63, 3.8) is 0 Å². The molecule has 4 heterocycles. The molecular weight excluding hydrogens is 546 g/mol. The van der Waals surface area contributed by atoms with Gasteiger partial charge in [0.2, 0.25) is 5.91 Å². The molecule has 216 valence electrons. The van der Waals surface area contributed by atoms with E-state index in [0.29, 0.717) is 30.2 Å². The van der Waals surface area contributed by atoms with E-state index in [1.807, 2.05) is 78.7 Å². The van der Waals surface area contributed by atoms with Crippen molar-refractivity contribution in [1.29, 1.82) is 0 Å². The van der Waals surface area contributed by atoms with E-state index in [2.05, 4.69) is 9.88 Å². The molecule has 3 aliphatic rings. The van der Waals surface area contributed by atoms with Crippen LogP contribution < -0.4 is 9.21 Å². The predicted molar refractivity (Wildman–Crippen MR) is 164 cm³/mol. The van der Waals surface area contributed by atoms with Crippen LogP contribution in [0.2, 0.25) is 0 Å². The van der Waals surface area contributed by atoms with Gasteiger partial charge in [-0.1, -0.05) is 48.0 Å². The van der Waals surface area contributed by atoms with Crippen molar-refractivity contribution in [2.75, 3.05) is 41.9 Å². The maximum atomic E-state index is 14.1. The highest BCUT2D eigenvalue weighted by Crippen LogP contribution is 2.44. The van der Waals surface area contributed by atoms with Crippen LogP contribution in [0.3, 0.4) is 0 Å². The smallest absolute Gasteiger partial charge is 0.264 e. The van der Waals surface area contributed by atoms with Gasteiger partial charge in [0.15, 0.2) is 0 Å². The minimum absolute atomic E-state index is 0.0755. The quantitative estimate of drug-likeness (QED) is 0.325. The lowest BCUT2D eigenvalue weighted by Crippen LogP contribution is -2.54. The summed E-state index contributed by atoms with van der Waals surface area (Å²) in [6, 6.07) is 22.6. The average molecular weight is 582 g/mol. The first-order chi connectivity index (χ1) is 20.3. The van der Waals surface area contributed by atoms with E-state index in [9.17, 15) is 13.2 Å². The van der Waals surface area contributed by atoms with E-state index in [0.717, 1.165) is 66.8 Å². The predicted octanol–water partition coefficient (Wildman–Crippen LogP) is 5.14. The molecule has 1 spiro atoms. The van der Waals surface area contributed by atoms with E-state index in [1.54, 1.807) is 12.1 Å². The highest BCUT2D eigenvalue weighted by atomic mass is 32.2. The van der Waals surface area contributed by atoms with Crippen LogP contribution in [0.25, 0.3) is 11.0 Å². The Kier molecular flexibility index (Phi) is 6.65. The lowest BCUT2D eigenvalue weighted by Gasteiger charge is -2.47. The first kappa shape index (κ1) is 26.9. The number of sulfonamides is 1. The van der Waals surface area contributed by atoms with Crippen molar-refractivity contribution in [3.05, 3.63) is 90.1 Å². The monoisotopic (exact) mass is 581 g/mol. The molecule has 1 aromatic heterocycles. The first-order valence-corrected chi connectivity index (χ1v) is 16.2. The number of aryl methyl sites for hydroxylation is 1. The van der Waals surface area contributed by atoms with Crippen molar-refractivity contribution >= 4 is 38.5 Å². The Bertz CT molecular complexity index is 1750. The van der Waals surface area contributed by atoms with Gasteiger partial charge in [0, 0.05) is 38.6 Å². The number of carbonyl (C=O) groups excluding carboxylic acids is 1. The van der Waals surface area contributed by atoms with Crippen molar-refractivity contribution in [2.45, 2.75) is 43.4 Å². The third-order valence-corrected chi connectivity index (χ3v) is 11.2. The maximum absolute atomic E-state index is 14.1. The topological polar surface area (TPSA) is 86.7 Å². The number of anilines is 2. The van der Waals surface area contributed by atoms with Crippen molar-refractivity contribution in [2.24, 2.45) is 5.41 Å². The molecule has 0 bridgehead atoms. The lowest BCUT2D eigenvalue weighted by molar-refractivity contribution is -0.148. The van der Waals surface area contributed by atoms with Crippen molar-refractivity contribution in [1.82, 2.24) is 14.9 Å². The Morgan fingerprint density at radius 2 is 1.60 bits per heavy atom. The third kappa shape index (κ3) is 4.60. The number of carbonyl (C=O) groups is 1. The van der Waals surface area contributed by atoms with Gasteiger partial charge < -0.3 is 9.80 Å². The standard InChI is InChI=1S/C33H35N5O3S/c1-24-11-13-26(14-12-24)42(40,41)38-23-25(27-7-2-5-10-30(27)38)22-37-18-6-15-33(32(37)39)16-19-36(20-17-33)31-21-34-28-8-3-4-9-29(28)35-31/h2-5,7-14,21,25H,6,15-20,22-23H2,1H3. The highest BCUT2D eigenvalue weighted by molar-refractivity contribution is 7.92. The molecule has 8 nitrogen and oxygen atoms in total. The van der Waals surface area contributed by atoms with Gasteiger partial charge in [-0.25, -0.2) is 13.4 Å². The van der Waals surface area contributed by atoms with Crippen LogP contribution in [0.4, 0.5) is 11.5 Å². The van der Waals surface area contributed by atoms with Crippen LogP contribution in [0.15, 0.2) is 83.9 Å². The second-order valence-electron chi connectivity index (χ2n) is 11.9. The number of para-hydroxylation sites is 3. The fourth-order valence-electron chi connectivity index (χ4n) is 7.00. The summed E-state index contributed by atoms with van der Waals surface area (Å²) in [5.74, 6) is 1.00. The minimum Gasteiger partial charge on any atom is -0.355 e. The van der Waals surface area contributed by atoms with Gasteiger partial charge in [-0.3, -0.25) is 14.1 Å². The number of fused-ring (bicyclic) bond motifs is 2. The molecule has 0 radical (unpaired) electrons. The molecule has 9 heteroatoms. The average Bonchev–Trinajstić information content (AvgIpc) is 3.39. The summed E-state index contributed by atoms with van der Waals surface area (Å²) >= 11 is 0. The summed E-state index contributed by atoms with van der Waals surface area (Å²) in [5.41, 5.74) is 4.11. The maximum Gasteiger partial charge on any atom is 0.264 e. The lowest BCUT2D eigenvalue weighted by atomic mass is 9.71. The normalized spacial score (nSPS) is 20.4. The number of hydrogen-bond acceptors (Lipinski definition) is 6. The number of hydrogen-bond donors (Lipinski definition) is 0. The van der Waals surface area contributed by atoms with Crippen LogP contribution in [-0.4, -0.2) is 61.9 Å². The zero-order chi connectivity index (χ0) is 28.9. The Morgan fingerprint density at radius 3 is 2.38 bits per heavy atom. The molecule has 42 heavy (non-hydrogen) atoms. The zero-order valence-electron chi connectivity index (χ0n) is 23.8. The van der Waals surface area contributed by atoms with Gasteiger partial charge in [-0.15, -0.1) is 0 Å². The fourth-order valence-corrected chi connectivity index (χ4v) is 8.53. The molecular formula is C33H35N5O3S. The largest absolute Gasteiger partial charge is 0.355 e. The van der Waals surface area contributed by atoms with E-state index >= 15 is 0 Å². The van der Waals surface area contributed by atoms with Crippen molar-refractivity contribution < 1.29 is 13.2 Å². The summed E-state index contributed by atoms with van der Waals surface area (Å²) in [7, 11) is -3.72. The Morgan fingerprint density at radius 1 is 0.881 bits per heavy atom. The van der Waals surface area contributed by atoms with E-state index in [-0.39, 0.29) is 17.2 Å². The van der Waals surface area contributed by atoms with Crippen LogP contribution in [-0.2, 0) is 14.8 Å². The van der Waals surface area contributed by atoms with Crippen LogP contribution in [0.5, 0.6) is 0 Å². The summed E-state index contributed by atoms with van der Waals surface area (Å²) in [6.07, 6.45) is 5.26. The van der Waals surface area contributed by atoms with E-state index < -0.39 is 10.0 Å². The number of aromatic nitrogens is 2. The number of piperidine rings is 2. The van der Waals surface area contributed by atoms with Crippen LogP contribution in [0, 0.1) is 12.3 Å². The second-order valence-corrected chi connectivity index (χ2v) is 13.8. The van der Waals surface area contributed by atoms with Crippen LogP contribution >= 0.6 is 0 Å². The molecule has 1 amide bonds. The SMILES string of the molecule is Cc1ccc(S(=O)(=O)N2CC(CN3CCCC4(CCN(c5cnc6ccccc6n5)CC4)C3=O)c3ccccc32)cc1. The Hall–Kier alpha value is -3.98. The van der Waals surface area contributed by atoms with Gasteiger partial charge in [-0.05, 0) is 68.5 Å². The summed E-state index contributed by atoms with van der Waals surface area (Å²) < 4.78 is 28.9. The Balaban J connectivity index is 1.07. The molecule has 2 fully saturated rings. The number of likely N-dealkylation sites (tertiary alicyclic amines) is 1. The molecule has 3 aliphatic heterocycles. The number of amides is 1. The number of rotatable bonds is 5. The first-order valence-electron chi connectivity index (χ1n) is 14.8. The second kappa shape index (κ2) is 10.4. The highest BCUT2D eigenvalue weighted by Gasteiger charge is 2.47. The molecule has 0 saturated carbocycles. The van der Waals surface area contributed by atoms with Gasteiger partial charge in [-0.2, -0.15) is 0 Å². The molecule has 3 aromatic carbocycles. The summed E-state index contributed by atoms with van der Waals surface area (Å²) in [4.78, 5) is 28.1. The molecule has 1 atom stereocenters. The summed E-state index contributed by atoms with van der Waals surface area (Å²) in [5, 5.41) is 0. The molecule has 4 aromatic rings. The number of nitrogens with zero attached hydrogens (tertiary/aromatic N) is 5. The molecule has 0 N–H and O–H groups in total. The fraction of sp³-hybridized carbons (Fsp3) is 0.364. The number of benzene rings is 3. The molecule has 0 aliphatic carbocycles. The Labute approximate surface area is 247 Å². The van der Waals surface area contributed by atoms with Gasteiger partial charge in [0.05, 0.1) is 33.2 Å². The zero-order valence-corrected chi connectivity index (χ0v) is 24.6. The van der Waals surface area contributed by atoms with Crippen LogP contribution in [0.1, 0.15) is 42.7 Å². The molecule has 2 saturated heterocycles. The van der Waals surface area contributed by atoms with E-state index in [1.165, 1.54) is 4.31 Å². The van der Waals surface area contributed by atoms with E-state index in [4.69, 9.17) is 4.98 Å². The molecule has 7 rings (SSSR count). The summed E-state index contributed by atoms with van der Waals surface area (Å²) in [6.45, 7) is 5.05. The third-order valence-electron chi connectivity index (χ3n) is 9.39. The van der Waals surface area contributed by atoms with Crippen molar-refractivity contribution in [3.8, 4) is 0 Å². The van der Waals surface area contributed by atoms with Gasteiger partial charge in [0.25, 0.3) is 10.0 Å².